The normalized spacial score (nSPS) is 11.5. The molecule has 126 valence electrons. The summed E-state index contributed by atoms with van der Waals surface area (Å²) in [7, 11) is 1.58. The minimum atomic E-state index is -0.713. The van der Waals surface area contributed by atoms with Crippen LogP contribution in [0.5, 0.6) is 11.5 Å². The van der Waals surface area contributed by atoms with Crippen LogP contribution in [0.15, 0.2) is 42.5 Å². The van der Waals surface area contributed by atoms with Gasteiger partial charge in [0.05, 0.1) is 7.11 Å². The molecule has 0 radical (unpaired) electrons. The molecule has 0 aliphatic rings. The number of carbonyl (C=O) groups is 2. The second kappa shape index (κ2) is 7.50. The first-order valence-electron chi connectivity index (χ1n) is 7.43. The molecule has 1 atom stereocenters. The Hall–Kier alpha value is -3.02. The molecule has 2 aromatic rings. The fourth-order valence-corrected chi connectivity index (χ4v) is 2.18. The lowest BCUT2D eigenvalue weighted by Gasteiger charge is -2.16. The Morgan fingerprint density at radius 3 is 2.29 bits per heavy atom. The molecule has 6 nitrogen and oxygen atoms in total. The van der Waals surface area contributed by atoms with E-state index in [2.05, 4.69) is 5.32 Å². The Morgan fingerprint density at radius 1 is 1.08 bits per heavy atom. The molecule has 3 N–H and O–H groups in total. The Balaban J connectivity index is 2.06. The Morgan fingerprint density at radius 2 is 1.71 bits per heavy atom. The lowest BCUT2D eigenvalue weighted by Crippen LogP contribution is -2.30. The van der Waals surface area contributed by atoms with Crippen molar-refractivity contribution in [1.82, 2.24) is 0 Å². The van der Waals surface area contributed by atoms with Gasteiger partial charge in [-0.3, -0.25) is 9.59 Å². The summed E-state index contributed by atoms with van der Waals surface area (Å²) < 4.78 is 10.7. The lowest BCUT2D eigenvalue weighted by atomic mass is 10.1. The molecule has 0 fully saturated rings. The monoisotopic (exact) mass is 328 g/mol. The van der Waals surface area contributed by atoms with E-state index in [1.165, 1.54) is 0 Å². The SMILES string of the molecule is COc1ccc(O[C@H](C)C(=O)Nc2cccc(C(N)=O)c2C)cc1. The molecule has 2 amide bonds. The number of amides is 2. The Bertz CT molecular complexity index is 741. The number of carbonyl (C=O) groups excluding carboxylic acids is 2. The minimum Gasteiger partial charge on any atom is -0.497 e. The van der Waals surface area contributed by atoms with Crippen LogP contribution in [0.3, 0.4) is 0 Å². The van der Waals surface area contributed by atoms with Crippen molar-refractivity contribution in [3.8, 4) is 11.5 Å². The average Bonchev–Trinajstić information content (AvgIpc) is 2.57. The molecule has 24 heavy (non-hydrogen) atoms. The maximum Gasteiger partial charge on any atom is 0.265 e. The number of hydrogen-bond acceptors (Lipinski definition) is 4. The molecule has 0 bridgehead atoms. The third-order valence-corrected chi connectivity index (χ3v) is 3.60. The number of benzene rings is 2. The zero-order chi connectivity index (χ0) is 17.7. The predicted molar refractivity (Wildman–Crippen MR) is 91.4 cm³/mol. The molecular formula is C18H20N2O4. The smallest absolute Gasteiger partial charge is 0.265 e. The average molecular weight is 328 g/mol. The topological polar surface area (TPSA) is 90.7 Å². The summed E-state index contributed by atoms with van der Waals surface area (Å²) in [6.07, 6.45) is -0.713. The highest BCUT2D eigenvalue weighted by Gasteiger charge is 2.17. The van der Waals surface area contributed by atoms with E-state index >= 15 is 0 Å². The van der Waals surface area contributed by atoms with Crippen molar-refractivity contribution >= 4 is 17.5 Å². The van der Waals surface area contributed by atoms with Crippen molar-refractivity contribution < 1.29 is 19.1 Å². The summed E-state index contributed by atoms with van der Waals surface area (Å²) in [6.45, 7) is 3.37. The zero-order valence-electron chi connectivity index (χ0n) is 13.8. The lowest BCUT2D eigenvalue weighted by molar-refractivity contribution is -0.122. The van der Waals surface area contributed by atoms with Crippen LogP contribution < -0.4 is 20.5 Å². The summed E-state index contributed by atoms with van der Waals surface area (Å²) in [5, 5.41) is 2.75. The van der Waals surface area contributed by atoms with Crippen LogP contribution in [0.1, 0.15) is 22.8 Å². The number of ether oxygens (including phenoxy) is 2. The van der Waals surface area contributed by atoms with Gasteiger partial charge in [0.1, 0.15) is 11.5 Å². The summed E-state index contributed by atoms with van der Waals surface area (Å²) in [5.74, 6) is 0.404. The number of rotatable bonds is 6. The molecule has 0 unspecified atom stereocenters. The predicted octanol–water partition coefficient (Wildman–Crippen LogP) is 2.51. The highest BCUT2D eigenvalue weighted by molar-refractivity contribution is 5.99. The number of anilines is 1. The maximum atomic E-state index is 12.3. The van der Waals surface area contributed by atoms with Crippen molar-refractivity contribution in [2.45, 2.75) is 20.0 Å². The largest absolute Gasteiger partial charge is 0.497 e. The standard InChI is InChI=1S/C18H20N2O4/c1-11-15(17(19)21)5-4-6-16(11)20-18(22)12(2)24-14-9-7-13(23-3)8-10-14/h4-10,12H,1-3H3,(H2,19,21)(H,20,22)/t12-/m1/s1. The minimum absolute atomic E-state index is 0.324. The third kappa shape index (κ3) is 4.04. The Kier molecular flexibility index (Phi) is 5.42. The molecule has 0 spiro atoms. The molecule has 2 aromatic carbocycles. The van der Waals surface area contributed by atoms with E-state index in [4.69, 9.17) is 15.2 Å². The van der Waals surface area contributed by atoms with Crippen LogP contribution >= 0.6 is 0 Å². The van der Waals surface area contributed by atoms with Crippen LogP contribution in [0.2, 0.25) is 0 Å². The zero-order valence-corrected chi connectivity index (χ0v) is 13.8. The Labute approximate surface area is 140 Å². The van der Waals surface area contributed by atoms with Crippen molar-refractivity contribution in [1.29, 1.82) is 0 Å². The van der Waals surface area contributed by atoms with Gasteiger partial charge in [0.15, 0.2) is 6.10 Å². The first kappa shape index (κ1) is 17.3. The van der Waals surface area contributed by atoms with E-state index in [1.807, 2.05) is 0 Å². The molecule has 0 saturated carbocycles. The van der Waals surface area contributed by atoms with Gasteiger partial charge in [0.2, 0.25) is 5.91 Å². The third-order valence-electron chi connectivity index (χ3n) is 3.60. The van der Waals surface area contributed by atoms with Crippen molar-refractivity contribution in [2.75, 3.05) is 12.4 Å². The van der Waals surface area contributed by atoms with Gasteiger partial charge in [0.25, 0.3) is 5.91 Å². The maximum absolute atomic E-state index is 12.3. The van der Waals surface area contributed by atoms with Crippen LogP contribution in [-0.4, -0.2) is 25.0 Å². The van der Waals surface area contributed by atoms with Crippen LogP contribution in [-0.2, 0) is 4.79 Å². The van der Waals surface area contributed by atoms with Gasteiger partial charge in [-0.05, 0) is 55.8 Å². The van der Waals surface area contributed by atoms with Gasteiger partial charge in [-0.25, -0.2) is 0 Å². The number of nitrogens with one attached hydrogen (secondary N) is 1. The van der Waals surface area contributed by atoms with Gasteiger partial charge in [-0.15, -0.1) is 0 Å². The van der Waals surface area contributed by atoms with Crippen LogP contribution in [0.4, 0.5) is 5.69 Å². The van der Waals surface area contributed by atoms with Gasteiger partial charge < -0.3 is 20.5 Å². The van der Waals surface area contributed by atoms with E-state index in [0.29, 0.717) is 28.3 Å². The van der Waals surface area contributed by atoms with Crippen molar-refractivity contribution in [2.24, 2.45) is 5.73 Å². The van der Waals surface area contributed by atoms with E-state index in [1.54, 1.807) is 63.4 Å². The van der Waals surface area contributed by atoms with Gasteiger partial charge >= 0.3 is 0 Å². The molecular weight excluding hydrogens is 308 g/mol. The molecule has 0 aromatic heterocycles. The molecule has 0 saturated heterocycles. The number of primary amides is 1. The summed E-state index contributed by atoms with van der Waals surface area (Å²) in [4.78, 5) is 23.7. The van der Waals surface area contributed by atoms with Crippen molar-refractivity contribution in [3.63, 3.8) is 0 Å². The van der Waals surface area contributed by atoms with Gasteiger partial charge in [-0.2, -0.15) is 0 Å². The van der Waals surface area contributed by atoms with Crippen molar-refractivity contribution in [3.05, 3.63) is 53.6 Å². The summed E-state index contributed by atoms with van der Waals surface area (Å²) in [6, 6.07) is 11.9. The van der Waals surface area contributed by atoms with E-state index in [9.17, 15) is 9.59 Å². The van der Waals surface area contributed by atoms with E-state index < -0.39 is 12.0 Å². The van der Waals surface area contributed by atoms with E-state index in [-0.39, 0.29) is 5.91 Å². The number of hydrogen-bond donors (Lipinski definition) is 2. The fraction of sp³-hybridized carbons (Fsp3) is 0.222. The molecule has 0 aliphatic carbocycles. The quantitative estimate of drug-likeness (QED) is 0.852. The molecule has 0 aliphatic heterocycles. The van der Waals surface area contributed by atoms with Gasteiger partial charge in [-0.1, -0.05) is 6.07 Å². The number of nitrogens with two attached hydrogens (primary N) is 1. The summed E-state index contributed by atoms with van der Waals surface area (Å²) >= 11 is 0. The summed E-state index contributed by atoms with van der Waals surface area (Å²) in [5.41, 5.74) is 6.83. The second-order valence-corrected chi connectivity index (χ2v) is 5.27. The first-order chi connectivity index (χ1) is 11.4. The molecule has 0 heterocycles. The van der Waals surface area contributed by atoms with Crippen LogP contribution in [0, 0.1) is 6.92 Å². The first-order valence-corrected chi connectivity index (χ1v) is 7.43. The molecule has 6 heteroatoms. The van der Waals surface area contributed by atoms with Gasteiger partial charge in [0, 0.05) is 11.3 Å². The molecule has 2 rings (SSSR count). The highest BCUT2D eigenvalue weighted by Crippen LogP contribution is 2.21. The second-order valence-electron chi connectivity index (χ2n) is 5.27. The fourth-order valence-electron chi connectivity index (χ4n) is 2.18. The van der Waals surface area contributed by atoms with Crippen LogP contribution in [0.25, 0.3) is 0 Å². The number of methoxy groups -OCH3 is 1. The highest BCUT2D eigenvalue weighted by atomic mass is 16.5. The van der Waals surface area contributed by atoms with E-state index in [0.717, 1.165) is 0 Å².